The molecular formula is C20H38N2. The third-order valence-electron chi connectivity index (χ3n) is 4.71. The Morgan fingerprint density at radius 1 is 0.909 bits per heavy atom. The summed E-state index contributed by atoms with van der Waals surface area (Å²) in [5.41, 5.74) is 1.14. The van der Waals surface area contributed by atoms with Crippen molar-refractivity contribution in [2.45, 2.75) is 104 Å². The van der Waals surface area contributed by atoms with E-state index in [0.29, 0.717) is 5.92 Å². The molecule has 0 saturated heterocycles. The lowest BCUT2D eigenvalue weighted by molar-refractivity contribution is 0.520. The molecule has 1 aromatic heterocycles. The molecule has 0 aliphatic carbocycles. The molecule has 2 nitrogen and oxygen atoms in total. The highest BCUT2D eigenvalue weighted by Gasteiger charge is 2.11. The first-order valence-corrected chi connectivity index (χ1v) is 9.65. The van der Waals surface area contributed by atoms with Crippen molar-refractivity contribution in [2.75, 3.05) is 0 Å². The number of nitrogens with zero attached hydrogens (tertiary/aromatic N) is 2. The summed E-state index contributed by atoms with van der Waals surface area (Å²) in [6, 6.07) is 0. The van der Waals surface area contributed by atoms with E-state index in [0.717, 1.165) is 5.69 Å². The van der Waals surface area contributed by atoms with Gasteiger partial charge in [-0.1, -0.05) is 84.5 Å². The maximum atomic E-state index is 4.64. The van der Waals surface area contributed by atoms with E-state index in [9.17, 15) is 0 Å². The van der Waals surface area contributed by atoms with Crippen molar-refractivity contribution in [3.63, 3.8) is 0 Å². The maximum Gasteiger partial charge on any atom is 0.111 e. The average molecular weight is 307 g/mol. The van der Waals surface area contributed by atoms with Crippen molar-refractivity contribution in [1.82, 2.24) is 9.55 Å². The lowest BCUT2D eigenvalue weighted by Gasteiger charge is -2.11. The van der Waals surface area contributed by atoms with Gasteiger partial charge in [-0.25, -0.2) is 4.98 Å². The minimum atomic E-state index is 0.595. The fraction of sp³-hybridized carbons (Fsp3) is 0.850. The molecule has 1 rings (SSSR count). The van der Waals surface area contributed by atoms with Crippen molar-refractivity contribution < 1.29 is 0 Å². The fourth-order valence-corrected chi connectivity index (χ4v) is 3.34. The minimum Gasteiger partial charge on any atom is -0.338 e. The molecule has 0 spiro atoms. The van der Waals surface area contributed by atoms with Gasteiger partial charge < -0.3 is 4.57 Å². The molecule has 1 unspecified atom stereocenters. The second-order valence-corrected chi connectivity index (χ2v) is 7.08. The van der Waals surface area contributed by atoms with E-state index in [1.807, 2.05) is 0 Å². The van der Waals surface area contributed by atoms with Crippen molar-refractivity contribution >= 4 is 0 Å². The molecule has 128 valence electrons. The predicted molar refractivity (Wildman–Crippen MR) is 97.4 cm³/mol. The Labute approximate surface area is 138 Å². The van der Waals surface area contributed by atoms with Crippen molar-refractivity contribution in [1.29, 1.82) is 0 Å². The van der Waals surface area contributed by atoms with Crippen molar-refractivity contribution in [3.05, 3.63) is 17.7 Å². The molecule has 0 radical (unpaired) electrons. The molecule has 1 heterocycles. The SMILES string of the molecule is CCCCCCCCCCCCCC(C)c1nc(C)cn1C. The number of rotatable bonds is 13. The van der Waals surface area contributed by atoms with E-state index in [1.165, 1.54) is 82.9 Å². The van der Waals surface area contributed by atoms with Gasteiger partial charge in [-0.05, 0) is 13.3 Å². The summed E-state index contributed by atoms with van der Waals surface area (Å²) in [7, 11) is 2.12. The lowest BCUT2D eigenvalue weighted by atomic mass is 10.0. The largest absolute Gasteiger partial charge is 0.338 e. The van der Waals surface area contributed by atoms with Gasteiger partial charge in [0.15, 0.2) is 0 Å². The van der Waals surface area contributed by atoms with E-state index >= 15 is 0 Å². The maximum absolute atomic E-state index is 4.64. The first kappa shape index (κ1) is 19.3. The van der Waals surface area contributed by atoms with Crippen LogP contribution >= 0.6 is 0 Å². The van der Waals surface area contributed by atoms with Gasteiger partial charge in [0.2, 0.25) is 0 Å². The summed E-state index contributed by atoms with van der Waals surface area (Å²) >= 11 is 0. The van der Waals surface area contributed by atoms with E-state index in [-0.39, 0.29) is 0 Å². The average Bonchev–Trinajstić information content (AvgIpc) is 2.83. The highest BCUT2D eigenvalue weighted by molar-refractivity contribution is 5.05. The van der Waals surface area contributed by atoms with Gasteiger partial charge >= 0.3 is 0 Å². The van der Waals surface area contributed by atoms with Gasteiger partial charge in [-0.15, -0.1) is 0 Å². The summed E-state index contributed by atoms with van der Waals surface area (Å²) in [6.07, 6.45) is 19.0. The van der Waals surface area contributed by atoms with Gasteiger partial charge in [-0.3, -0.25) is 0 Å². The van der Waals surface area contributed by atoms with Crippen LogP contribution < -0.4 is 0 Å². The Balaban J connectivity index is 1.94. The first-order chi connectivity index (χ1) is 10.6. The van der Waals surface area contributed by atoms with Crippen LogP contribution in [0.1, 0.15) is 108 Å². The fourth-order valence-electron chi connectivity index (χ4n) is 3.34. The third-order valence-corrected chi connectivity index (χ3v) is 4.71. The van der Waals surface area contributed by atoms with Crippen LogP contribution in [0.2, 0.25) is 0 Å². The van der Waals surface area contributed by atoms with Crippen LogP contribution in [0.25, 0.3) is 0 Å². The zero-order valence-electron chi connectivity index (χ0n) is 15.5. The zero-order valence-corrected chi connectivity index (χ0v) is 15.5. The molecule has 0 aliphatic rings. The van der Waals surface area contributed by atoms with Crippen molar-refractivity contribution in [2.24, 2.45) is 7.05 Å². The Kier molecular flexibility index (Phi) is 10.3. The van der Waals surface area contributed by atoms with Gasteiger partial charge in [0.25, 0.3) is 0 Å². The molecule has 0 N–H and O–H groups in total. The summed E-state index contributed by atoms with van der Waals surface area (Å²) in [4.78, 5) is 4.64. The Morgan fingerprint density at radius 3 is 1.86 bits per heavy atom. The lowest BCUT2D eigenvalue weighted by Crippen LogP contribution is -2.02. The second kappa shape index (κ2) is 11.7. The Hall–Kier alpha value is -0.790. The second-order valence-electron chi connectivity index (χ2n) is 7.08. The van der Waals surface area contributed by atoms with Crippen LogP contribution in [0.3, 0.4) is 0 Å². The summed E-state index contributed by atoms with van der Waals surface area (Å²) in [6.45, 7) is 6.69. The van der Waals surface area contributed by atoms with Gasteiger partial charge in [0.1, 0.15) is 5.82 Å². The number of hydrogen-bond acceptors (Lipinski definition) is 1. The standard InChI is InChI=1S/C20H38N2/c1-5-6-7-8-9-10-11-12-13-14-15-16-18(2)20-21-19(3)17-22(20)4/h17-18H,5-16H2,1-4H3. The summed E-state index contributed by atoms with van der Waals surface area (Å²) in [5.74, 6) is 1.85. The number of hydrogen-bond donors (Lipinski definition) is 0. The summed E-state index contributed by atoms with van der Waals surface area (Å²) in [5, 5.41) is 0. The molecule has 1 atom stereocenters. The number of aromatic nitrogens is 2. The Morgan fingerprint density at radius 2 is 1.41 bits per heavy atom. The van der Waals surface area contributed by atoms with Crippen LogP contribution in [-0.2, 0) is 7.05 Å². The normalized spacial score (nSPS) is 12.7. The van der Waals surface area contributed by atoms with Crippen LogP contribution in [0, 0.1) is 6.92 Å². The third kappa shape index (κ3) is 8.00. The molecule has 0 aliphatic heterocycles. The topological polar surface area (TPSA) is 17.8 Å². The first-order valence-electron chi connectivity index (χ1n) is 9.65. The number of imidazole rings is 1. The van der Waals surface area contributed by atoms with Crippen molar-refractivity contribution in [3.8, 4) is 0 Å². The molecule has 0 saturated carbocycles. The minimum absolute atomic E-state index is 0.595. The van der Waals surface area contributed by atoms with Gasteiger partial charge in [0, 0.05) is 19.2 Å². The summed E-state index contributed by atoms with van der Waals surface area (Å²) < 4.78 is 2.19. The van der Waals surface area contributed by atoms with E-state index in [4.69, 9.17) is 0 Å². The smallest absolute Gasteiger partial charge is 0.111 e. The highest BCUT2D eigenvalue weighted by Crippen LogP contribution is 2.21. The molecule has 0 amide bonds. The molecule has 0 aromatic carbocycles. The van der Waals surface area contributed by atoms with Crippen LogP contribution in [0.15, 0.2) is 6.20 Å². The number of aryl methyl sites for hydroxylation is 2. The van der Waals surface area contributed by atoms with E-state index in [1.54, 1.807) is 0 Å². The van der Waals surface area contributed by atoms with E-state index in [2.05, 4.69) is 43.6 Å². The van der Waals surface area contributed by atoms with Gasteiger partial charge in [-0.2, -0.15) is 0 Å². The number of unbranched alkanes of at least 4 members (excludes halogenated alkanes) is 10. The van der Waals surface area contributed by atoms with Crippen LogP contribution in [-0.4, -0.2) is 9.55 Å². The molecule has 0 fully saturated rings. The highest BCUT2D eigenvalue weighted by atomic mass is 15.0. The molecular weight excluding hydrogens is 268 g/mol. The van der Waals surface area contributed by atoms with E-state index < -0.39 is 0 Å². The predicted octanol–water partition coefficient (Wildman–Crippen LogP) is 6.53. The quantitative estimate of drug-likeness (QED) is 0.379. The molecule has 1 aromatic rings. The molecule has 0 bridgehead atoms. The zero-order chi connectivity index (χ0) is 16.2. The Bertz CT molecular complexity index is 381. The molecule has 22 heavy (non-hydrogen) atoms. The van der Waals surface area contributed by atoms with Crippen LogP contribution in [0.4, 0.5) is 0 Å². The monoisotopic (exact) mass is 306 g/mol. The van der Waals surface area contributed by atoms with Gasteiger partial charge in [0.05, 0.1) is 5.69 Å². The van der Waals surface area contributed by atoms with Crippen LogP contribution in [0.5, 0.6) is 0 Å². The molecule has 2 heteroatoms.